The van der Waals surface area contributed by atoms with Gasteiger partial charge >= 0.3 is 0 Å². The van der Waals surface area contributed by atoms with Crippen molar-refractivity contribution in [3.05, 3.63) is 11.6 Å². The lowest BCUT2D eigenvalue weighted by molar-refractivity contribution is -0.0869. The maximum atomic E-state index is 10.8. The molecule has 1 N–H and O–H groups in total. The van der Waals surface area contributed by atoms with Crippen molar-refractivity contribution in [1.82, 2.24) is 0 Å². The molecule has 0 spiro atoms. The molecule has 0 heterocycles. The van der Waals surface area contributed by atoms with Crippen molar-refractivity contribution >= 4 is 0 Å². The van der Waals surface area contributed by atoms with Crippen molar-refractivity contribution in [2.24, 2.45) is 28.6 Å². The molecule has 0 aromatic carbocycles. The molecular weight excluding hydrogens is 300 g/mol. The van der Waals surface area contributed by atoms with Crippen LogP contribution in [-0.2, 0) is 9.47 Å². The molecule has 0 bridgehead atoms. The predicted molar refractivity (Wildman–Crippen MR) is 94.7 cm³/mol. The fourth-order valence-corrected chi connectivity index (χ4v) is 7.02. The fourth-order valence-electron chi connectivity index (χ4n) is 7.02. The van der Waals surface area contributed by atoms with E-state index in [0.29, 0.717) is 23.4 Å². The molecule has 0 aromatic rings. The van der Waals surface area contributed by atoms with Crippen LogP contribution in [0.3, 0.4) is 0 Å². The third-order valence-electron chi connectivity index (χ3n) is 8.65. The Morgan fingerprint density at radius 1 is 1.08 bits per heavy atom. The molecule has 4 rings (SSSR count). The van der Waals surface area contributed by atoms with Crippen LogP contribution < -0.4 is 0 Å². The van der Waals surface area contributed by atoms with E-state index in [2.05, 4.69) is 19.9 Å². The Morgan fingerprint density at radius 3 is 2.58 bits per heavy atom. The Morgan fingerprint density at radius 2 is 1.88 bits per heavy atom. The summed E-state index contributed by atoms with van der Waals surface area (Å²) in [5.41, 5.74) is 2.06. The summed E-state index contributed by atoms with van der Waals surface area (Å²) in [5, 5.41) is 10.8. The first-order valence-electron chi connectivity index (χ1n) is 9.87. The summed E-state index contributed by atoms with van der Waals surface area (Å²) < 4.78 is 11.3. The third kappa shape index (κ3) is 2.20. The van der Waals surface area contributed by atoms with Gasteiger partial charge in [0.1, 0.15) is 0 Å². The minimum absolute atomic E-state index is 0.0289. The van der Waals surface area contributed by atoms with E-state index in [-0.39, 0.29) is 17.6 Å². The summed E-state index contributed by atoms with van der Waals surface area (Å²) in [4.78, 5) is 0. The Labute approximate surface area is 146 Å². The van der Waals surface area contributed by atoms with Crippen molar-refractivity contribution in [1.29, 1.82) is 0 Å². The largest absolute Gasteiger partial charge is 0.390 e. The van der Waals surface area contributed by atoms with E-state index >= 15 is 0 Å². The van der Waals surface area contributed by atoms with Crippen LogP contribution in [0, 0.1) is 28.6 Å². The second-order valence-corrected chi connectivity index (χ2v) is 9.36. The van der Waals surface area contributed by atoms with Crippen molar-refractivity contribution < 1.29 is 14.6 Å². The second-order valence-electron chi connectivity index (χ2n) is 9.36. The molecule has 4 aliphatic carbocycles. The molecule has 3 heteroatoms. The van der Waals surface area contributed by atoms with Crippen LogP contribution >= 0.6 is 0 Å². The lowest BCUT2D eigenvalue weighted by Crippen LogP contribution is -2.51. The van der Waals surface area contributed by atoms with Crippen molar-refractivity contribution in [3.8, 4) is 0 Å². The maximum absolute atomic E-state index is 10.8. The predicted octanol–water partition coefficient (Wildman–Crippen LogP) is 3.95. The average molecular weight is 335 g/mol. The fraction of sp³-hybridized carbons (Fsp3) is 0.905. The first-order valence-corrected chi connectivity index (χ1v) is 9.87. The highest BCUT2D eigenvalue weighted by Gasteiger charge is 2.61. The summed E-state index contributed by atoms with van der Waals surface area (Å²) in [5.74, 6) is 2.09. The quantitative estimate of drug-likeness (QED) is 0.777. The lowest BCUT2D eigenvalue weighted by atomic mass is 9.48. The second kappa shape index (κ2) is 5.82. The van der Waals surface area contributed by atoms with Crippen LogP contribution in [0.1, 0.15) is 58.8 Å². The molecule has 136 valence electrons. The first-order chi connectivity index (χ1) is 11.4. The van der Waals surface area contributed by atoms with E-state index in [0.717, 1.165) is 25.2 Å². The number of allylic oxidation sites excluding steroid dienone is 1. The molecule has 0 saturated heterocycles. The molecule has 0 radical (unpaired) electrons. The van der Waals surface area contributed by atoms with E-state index < -0.39 is 0 Å². The van der Waals surface area contributed by atoms with Crippen LogP contribution in [0.5, 0.6) is 0 Å². The zero-order valence-electron chi connectivity index (χ0n) is 15.8. The minimum Gasteiger partial charge on any atom is -0.390 e. The van der Waals surface area contributed by atoms with Gasteiger partial charge in [0.25, 0.3) is 0 Å². The topological polar surface area (TPSA) is 38.7 Å². The Kier molecular flexibility index (Phi) is 4.14. The van der Waals surface area contributed by atoms with Gasteiger partial charge in [0.15, 0.2) is 0 Å². The van der Waals surface area contributed by atoms with Gasteiger partial charge in [-0.05, 0) is 73.5 Å². The van der Waals surface area contributed by atoms with Gasteiger partial charge in [0.05, 0.1) is 18.3 Å². The van der Waals surface area contributed by atoms with E-state index in [1.54, 1.807) is 12.7 Å². The van der Waals surface area contributed by atoms with E-state index in [1.807, 2.05) is 7.11 Å². The van der Waals surface area contributed by atoms with Gasteiger partial charge in [-0.25, -0.2) is 0 Å². The van der Waals surface area contributed by atoms with E-state index in [1.165, 1.54) is 25.7 Å². The molecular formula is C21H34O3. The standard InChI is InChI=1S/C21H34O3/c1-20-9-7-14(23-3)11-13(20)5-6-15-16(20)8-10-21(2)17(15)12-18(24-4)19(21)22/h5,14-19,22H,6-12H2,1-4H3/t14-,15?,16?,17?,18-,19+,20+,21+/m1/s1. The number of rotatable bonds is 2. The van der Waals surface area contributed by atoms with Gasteiger partial charge < -0.3 is 14.6 Å². The van der Waals surface area contributed by atoms with Crippen LogP contribution in [0.4, 0.5) is 0 Å². The van der Waals surface area contributed by atoms with Gasteiger partial charge in [-0.3, -0.25) is 0 Å². The monoisotopic (exact) mass is 334 g/mol. The van der Waals surface area contributed by atoms with Crippen LogP contribution in [-0.4, -0.2) is 37.6 Å². The Hall–Kier alpha value is -0.380. The maximum Gasteiger partial charge on any atom is 0.0857 e. The molecule has 3 nitrogen and oxygen atoms in total. The summed E-state index contributed by atoms with van der Waals surface area (Å²) in [7, 11) is 3.62. The number of ether oxygens (including phenoxy) is 2. The van der Waals surface area contributed by atoms with Crippen molar-refractivity contribution in [3.63, 3.8) is 0 Å². The average Bonchev–Trinajstić information content (AvgIpc) is 2.85. The molecule has 3 saturated carbocycles. The number of aliphatic hydroxyl groups is 1. The minimum atomic E-state index is -0.295. The lowest BCUT2D eigenvalue weighted by Gasteiger charge is -2.57. The smallest absolute Gasteiger partial charge is 0.0857 e. The highest BCUT2D eigenvalue weighted by molar-refractivity contribution is 5.25. The van der Waals surface area contributed by atoms with Gasteiger partial charge in [-0.15, -0.1) is 0 Å². The third-order valence-corrected chi connectivity index (χ3v) is 8.65. The Bertz CT molecular complexity index is 529. The first kappa shape index (κ1) is 17.1. The highest BCUT2D eigenvalue weighted by atomic mass is 16.5. The van der Waals surface area contributed by atoms with Gasteiger partial charge in [-0.2, -0.15) is 0 Å². The molecule has 4 aliphatic rings. The molecule has 3 unspecified atom stereocenters. The van der Waals surface area contributed by atoms with Crippen molar-refractivity contribution in [2.75, 3.05) is 14.2 Å². The normalized spacial score (nSPS) is 53.8. The molecule has 0 aliphatic heterocycles. The number of methoxy groups -OCH3 is 2. The summed E-state index contributed by atoms with van der Waals surface area (Å²) in [6.07, 6.45) is 10.9. The summed E-state index contributed by atoms with van der Waals surface area (Å²) in [6.45, 7) is 4.84. The molecule has 0 amide bonds. The SMILES string of the molecule is CO[C@@H]1CC[C@@]2(C)C(=CCC3C2CC[C@@]2(C)C3C[C@@H](OC)[C@@H]2O)C1. The van der Waals surface area contributed by atoms with Gasteiger partial charge in [0.2, 0.25) is 0 Å². The van der Waals surface area contributed by atoms with E-state index in [4.69, 9.17) is 9.47 Å². The number of hydrogen-bond donors (Lipinski definition) is 1. The number of fused-ring (bicyclic) bond motifs is 5. The zero-order chi connectivity index (χ0) is 17.1. The van der Waals surface area contributed by atoms with Crippen LogP contribution in [0.15, 0.2) is 11.6 Å². The molecule has 0 aromatic heterocycles. The Balaban J connectivity index is 1.64. The summed E-state index contributed by atoms with van der Waals surface area (Å²) >= 11 is 0. The summed E-state index contributed by atoms with van der Waals surface area (Å²) in [6, 6.07) is 0. The number of hydrogen-bond acceptors (Lipinski definition) is 3. The van der Waals surface area contributed by atoms with Crippen LogP contribution in [0.25, 0.3) is 0 Å². The van der Waals surface area contributed by atoms with Crippen molar-refractivity contribution in [2.45, 2.75) is 77.1 Å². The number of aliphatic hydroxyl groups excluding tert-OH is 1. The molecule has 3 fully saturated rings. The molecule has 8 atom stereocenters. The van der Waals surface area contributed by atoms with Gasteiger partial charge in [-0.1, -0.05) is 25.5 Å². The van der Waals surface area contributed by atoms with Gasteiger partial charge in [0, 0.05) is 14.2 Å². The van der Waals surface area contributed by atoms with E-state index in [9.17, 15) is 5.11 Å². The zero-order valence-corrected chi connectivity index (χ0v) is 15.8. The molecule has 24 heavy (non-hydrogen) atoms. The highest BCUT2D eigenvalue weighted by Crippen LogP contribution is 2.65. The van der Waals surface area contributed by atoms with Crippen LogP contribution in [0.2, 0.25) is 0 Å².